The number of likely N-dealkylation sites (tertiary alicyclic amines) is 1. The molecule has 1 aromatic rings. The molecule has 34 heavy (non-hydrogen) atoms. The molecule has 8 nitrogen and oxygen atoms in total. The van der Waals surface area contributed by atoms with E-state index in [-0.39, 0.29) is 35.9 Å². The first-order valence-electron chi connectivity index (χ1n) is 12.1. The number of hydrogen-bond acceptors (Lipinski definition) is 6. The van der Waals surface area contributed by atoms with Crippen molar-refractivity contribution in [2.75, 3.05) is 13.2 Å². The van der Waals surface area contributed by atoms with Crippen LogP contribution < -0.4 is 5.32 Å². The monoisotopic (exact) mass is 536 g/mol. The molecule has 8 atom stereocenters. The van der Waals surface area contributed by atoms with E-state index >= 15 is 0 Å². The van der Waals surface area contributed by atoms with Gasteiger partial charge in [0.1, 0.15) is 11.6 Å². The molecule has 9 heteroatoms. The number of ether oxygens (including phenoxy) is 2. The van der Waals surface area contributed by atoms with Crippen molar-refractivity contribution < 1.29 is 29.0 Å². The number of hydrogen-bond donors (Lipinski definition) is 2. The van der Waals surface area contributed by atoms with E-state index < -0.39 is 41.6 Å². The second-order valence-corrected chi connectivity index (χ2v) is 10.6. The summed E-state index contributed by atoms with van der Waals surface area (Å²) in [5, 5.41) is 13.4. The summed E-state index contributed by atoms with van der Waals surface area (Å²) in [6, 6.07) is 7.34. The van der Waals surface area contributed by atoms with Crippen LogP contribution in [0.25, 0.3) is 0 Å². The number of rotatable bonds is 9. The number of aliphatic hydroxyl groups excluding tert-OH is 1. The fourth-order valence-corrected chi connectivity index (χ4v) is 7.01. The number of halogens is 1. The Bertz CT molecular complexity index is 929. The molecule has 1 spiro atoms. The lowest BCUT2D eigenvalue weighted by Crippen LogP contribution is -2.57. The van der Waals surface area contributed by atoms with Crippen LogP contribution in [0.15, 0.2) is 30.3 Å². The van der Waals surface area contributed by atoms with Crippen molar-refractivity contribution in [1.82, 2.24) is 10.2 Å². The number of nitrogens with one attached hydrogen (secondary N) is 1. The standard InChI is InChI=1S/C25H33BrN2O6/c1-4-9-14(3)27-22(30)21-25-12-16(26)20(34-25)18(24(32)33-5-2)19(25)23(31)28(21)17(13-29)15-10-7-6-8-11-15/h6-8,10-11,14,16-21,29H,4-5,9,12-13H2,1-3H3,(H,27,30)/t14?,16?,17-,18+,19-,20+,21+,25-/m1/s1. The van der Waals surface area contributed by atoms with Crippen molar-refractivity contribution >= 4 is 33.7 Å². The van der Waals surface area contributed by atoms with Gasteiger partial charge in [-0.05, 0) is 32.3 Å². The molecule has 3 saturated heterocycles. The smallest absolute Gasteiger partial charge is 0.312 e. The SMILES string of the molecule is CCCC(C)NC(=O)[C@@H]1N([C@H](CO)c2ccccc2)C(=O)[C@H]2[C@H](C(=O)OCC)[C@H]3O[C@@]12CC3Br. The van der Waals surface area contributed by atoms with Crippen LogP contribution in [-0.4, -0.2) is 69.6 Å². The molecule has 3 aliphatic rings. The van der Waals surface area contributed by atoms with Crippen LogP contribution in [0.5, 0.6) is 0 Å². The number of esters is 1. The Morgan fingerprint density at radius 3 is 2.65 bits per heavy atom. The number of nitrogens with zero attached hydrogens (tertiary/aromatic N) is 1. The van der Waals surface area contributed by atoms with E-state index in [1.807, 2.05) is 44.2 Å². The minimum atomic E-state index is -1.18. The molecule has 3 heterocycles. The first-order chi connectivity index (χ1) is 16.3. The van der Waals surface area contributed by atoms with E-state index in [1.165, 1.54) is 4.90 Å². The predicted octanol–water partition coefficient (Wildman–Crippen LogP) is 2.34. The van der Waals surface area contributed by atoms with Gasteiger partial charge in [0.25, 0.3) is 0 Å². The second kappa shape index (κ2) is 9.95. The van der Waals surface area contributed by atoms with E-state index in [0.29, 0.717) is 12.0 Å². The molecule has 186 valence electrons. The lowest BCUT2D eigenvalue weighted by atomic mass is 9.70. The Labute approximate surface area is 208 Å². The first kappa shape index (κ1) is 25.1. The minimum absolute atomic E-state index is 0.0894. The largest absolute Gasteiger partial charge is 0.466 e. The molecule has 3 aliphatic heterocycles. The molecule has 3 fully saturated rings. The summed E-state index contributed by atoms with van der Waals surface area (Å²) in [6.07, 6.45) is 1.55. The molecule has 0 aliphatic carbocycles. The third-order valence-corrected chi connectivity index (χ3v) is 8.18. The number of carbonyl (C=O) groups excluding carboxylic acids is 3. The maximum absolute atomic E-state index is 14.0. The van der Waals surface area contributed by atoms with Gasteiger partial charge in [0.2, 0.25) is 11.8 Å². The van der Waals surface area contributed by atoms with Gasteiger partial charge in [-0.2, -0.15) is 0 Å². The van der Waals surface area contributed by atoms with E-state index in [4.69, 9.17) is 9.47 Å². The number of fused-ring (bicyclic) bond motifs is 1. The number of benzene rings is 1. The molecule has 0 radical (unpaired) electrons. The molecule has 2 unspecified atom stereocenters. The highest BCUT2D eigenvalue weighted by Crippen LogP contribution is 2.61. The fraction of sp³-hybridized carbons (Fsp3) is 0.640. The first-order valence-corrected chi connectivity index (χ1v) is 13.0. The topological polar surface area (TPSA) is 105 Å². The van der Waals surface area contributed by atoms with Gasteiger partial charge in [0.05, 0.1) is 37.2 Å². The molecule has 0 saturated carbocycles. The lowest BCUT2D eigenvalue weighted by molar-refractivity contribution is -0.155. The van der Waals surface area contributed by atoms with E-state index in [9.17, 15) is 19.5 Å². The van der Waals surface area contributed by atoms with Gasteiger partial charge in [-0.3, -0.25) is 14.4 Å². The van der Waals surface area contributed by atoms with Gasteiger partial charge in [0, 0.05) is 10.9 Å². The number of aliphatic hydroxyl groups is 1. The fourth-order valence-electron chi connectivity index (χ4n) is 6.07. The Hall–Kier alpha value is -1.97. The summed E-state index contributed by atoms with van der Waals surface area (Å²) in [7, 11) is 0. The normalized spacial score (nSPS) is 33.5. The average molecular weight is 537 g/mol. The molecule has 1 aromatic carbocycles. The Kier molecular flexibility index (Phi) is 7.36. The van der Waals surface area contributed by atoms with Crippen LogP contribution in [0.2, 0.25) is 0 Å². The maximum atomic E-state index is 14.0. The molecular formula is C25H33BrN2O6. The summed E-state index contributed by atoms with van der Waals surface area (Å²) >= 11 is 3.63. The molecule has 2 N–H and O–H groups in total. The van der Waals surface area contributed by atoms with Crippen LogP contribution >= 0.6 is 15.9 Å². The zero-order chi connectivity index (χ0) is 24.6. The quantitative estimate of drug-likeness (QED) is 0.370. The minimum Gasteiger partial charge on any atom is -0.466 e. The van der Waals surface area contributed by atoms with Gasteiger partial charge in [-0.25, -0.2) is 0 Å². The van der Waals surface area contributed by atoms with E-state index in [1.54, 1.807) is 6.92 Å². The van der Waals surface area contributed by atoms with Crippen molar-refractivity contribution in [3.63, 3.8) is 0 Å². The van der Waals surface area contributed by atoms with Gasteiger partial charge < -0.3 is 24.8 Å². The third kappa shape index (κ3) is 3.95. The van der Waals surface area contributed by atoms with Gasteiger partial charge in [-0.1, -0.05) is 59.6 Å². The average Bonchev–Trinajstić information content (AvgIpc) is 3.39. The Morgan fingerprint density at radius 1 is 1.32 bits per heavy atom. The number of alkyl halides is 1. The molecular weight excluding hydrogens is 504 g/mol. The maximum Gasteiger partial charge on any atom is 0.312 e. The third-order valence-electron chi connectivity index (χ3n) is 7.34. The van der Waals surface area contributed by atoms with Crippen LogP contribution in [-0.2, 0) is 23.9 Å². The molecule has 0 aromatic heterocycles. The van der Waals surface area contributed by atoms with Crippen LogP contribution in [0.1, 0.15) is 51.6 Å². The summed E-state index contributed by atoms with van der Waals surface area (Å²) < 4.78 is 11.7. The lowest BCUT2D eigenvalue weighted by Gasteiger charge is -2.37. The Morgan fingerprint density at radius 2 is 2.03 bits per heavy atom. The zero-order valence-electron chi connectivity index (χ0n) is 19.8. The molecule has 2 amide bonds. The van der Waals surface area contributed by atoms with Gasteiger partial charge in [0.15, 0.2) is 0 Å². The van der Waals surface area contributed by atoms with Crippen molar-refractivity contribution in [1.29, 1.82) is 0 Å². The summed E-state index contributed by atoms with van der Waals surface area (Å²) in [6.45, 7) is 5.52. The van der Waals surface area contributed by atoms with Gasteiger partial charge in [-0.15, -0.1) is 0 Å². The summed E-state index contributed by atoms with van der Waals surface area (Å²) in [4.78, 5) is 42.0. The summed E-state index contributed by atoms with van der Waals surface area (Å²) in [5.74, 6) is -2.82. The highest BCUT2D eigenvalue weighted by Gasteiger charge is 2.77. The van der Waals surface area contributed by atoms with Crippen LogP contribution in [0.3, 0.4) is 0 Å². The predicted molar refractivity (Wildman–Crippen MR) is 128 cm³/mol. The highest BCUT2D eigenvalue weighted by atomic mass is 79.9. The van der Waals surface area contributed by atoms with Crippen molar-refractivity contribution in [3.05, 3.63) is 35.9 Å². The van der Waals surface area contributed by atoms with Crippen molar-refractivity contribution in [2.45, 2.75) is 74.7 Å². The Balaban J connectivity index is 1.80. The van der Waals surface area contributed by atoms with Crippen LogP contribution in [0.4, 0.5) is 0 Å². The second-order valence-electron chi connectivity index (χ2n) is 9.47. The molecule has 4 rings (SSSR count). The van der Waals surface area contributed by atoms with E-state index in [0.717, 1.165) is 12.8 Å². The van der Waals surface area contributed by atoms with Crippen LogP contribution in [0, 0.1) is 11.8 Å². The van der Waals surface area contributed by atoms with E-state index in [2.05, 4.69) is 21.2 Å². The molecule has 2 bridgehead atoms. The van der Waals surface area contributed by atoms with Gasteiger partial charge >= 0.3 is 5.97 Å². The summed E-state index contributed by atoms with van der Waals surface area (Å²) in [5.41, 5.74) is -0.460. The number of carbonyl (C=O) groups is 3. The highest BCUT2D eigenvalue weighted by molar-refractivity contribution is 9.09. The number of amides is 2. The van der Waals surface area contributed by atoms with Crippen molar-refractivity contribution in [2.24, 2.45) is 11.8 Å². The van der Waals surface area contributed by atoms with Crippen molar-refractivity contribution in [3.8, 4) is 0 Å². The zero-order valence-corrected chi connectivity index (χ0v) is 21.4.